The van der Waals surface area contributed by atoms with Gasteiger partial charge in [-0.2, -0.15) is 10.1 Å². The fourth-order valence-electron chi connectivity index (χ4n) is 2.22. The maximum atomic E-state index is 13.6. The number of rotatable bonds is 5. The normalized spacial score (nSPS) is 10.5. The monoisotopic (exact) mass is 323 g/mol. The van der Waals surface area contributed by atoms with Crippen LogP contribution in [-0.2, 0) is 6.54 Å². The fourth-order valence-corrected chi connectivity index (χ4v) is 2.22. The van der Waals surface area contributed by atoms with Gasteiger partial charge >= 0.3 is 0 Å². The van der Waals surface area contributed by atoms with Crippen molar-refractivity contribution < 1.29 is 4.39 Å². The number of nitrogens with zero attached hydrogens (tertiary/aromatic N) is 3. The molecule has 24 heavy (non-hydrogen) atoms. The van der Waals surface area contributed by atoms with E-state index in [0.29, 0.717) is 23.9 Å². The minimum atomic E-state index is -0.250. The van der Waals surface area contributed by atoms with Gasteiger partial charge in [0.1, 0.15) is 5.82 Å². The van der Waals surface area contributed by atoms with Crippen LogP contribution in [0.15, 0.2) is 48.7 Å². The highest BCUT2D eigenvalue weighted by Crippen LogP contribution is 2.18. The molecule has 0 aliphatic heterocycles. The van der Waals surface area contributed by atoms with E-state index in [0.717, 1.165) is 5.69 Å². The zero-order chi connectivity index (χ0) is 16.9. The molecule has 0 fully saturated rings. The second-order valence-corrected chi connectivity index (χ2v) is 5.53. The lowest BCUT2D eigenvalue weighted by Crippen LogP contribution is -2.06. The van der Waals surface area contributed by atoms with Crippen LogP contribution >= 0.6 is 0 Å². The lowest BCUT2D eigenvalue weighted by atomic mass is 10.1. The smallest absolute Gasteiger partial charge is 0.249 e. The average Bonchev–Trinajstić information content (AvgIpc) is 2.58. The molecule has 3 aromatic rings. The summed E-state index contributed by atoms with van der Waals surface area (Å²) in [5, 5.41) is 14.1. The van der Waals surface area contributed by atoms with Crippen molar-refractivity contribution in [2.45, 2.75) is 20.4 Å². The van der Waals surface area contributed by atoms with Gasteiger partial charge in [-0.3, -0.25) is 0 Å². The van der Waals surface area contributed by atoms with Gasteiger partial charge in [-0.05, 0) is 43.2 Å². The predicted molar refractivity (Wildman–Crippen MR) is 92.8 cm³/mol. The van der Waals surface area contributed by atoms with Crippen molar-refractivity contribution in [3.8, 4) is 0 Å². The summed E-state index contributed by atoms with van der Waals surface area (Å²) in [4.78, 5) is 4.35. The average molecular weight is 323 g/mol. The Morgan fingerprint density at radius 2 is 1.88 bits per heavy atom. The Morgan fingerprint density at radius 1 is 1.04 bits per heavy atom. The van der Waals surface area contributed by atoms with Gasteiger partial charge < -0.3 is 10.6 Å². The van der Waals surface area contributed by atoms with Crippen LogP contribution in [0.5, 0.6) is 0 Å². The number of hydrogen-bond acceptors (Lipinski definition) is 5. The SMILES string of the molecule is Cc1ccc(Nc2nncc(NCc3ccccc3F)n2)cc1C. The standard InChI is InChI=1S/C18H18FN5/c1-12-7-8-15(9-13(12)2)22-18-23-17(11-21-24-18)20-10-14-5-3-4-6-16(14)19/h3-9,11H,10H2,1-2H3,(H2,20,22,23,24). The van der Waals surface area contributed by atoms with Crippen molar-refractivity contribution in [1.82, 2.24) is 15.2 Å². The lowest BCUT2D eigenvalue weighted by Gasteiger charge is -2.09. The van der Waals surface area contributed by atoms with Gasteiger partial charge in [0, 0.05) is 17.8 Å². The minimum Gasteiger partial charge on any atom is -0.364 e. The van der Waals surface area contributed by atoms with Crippen molar-refractivity contribution in [2.75, 3.05) is 10.6 Å². The van der Waals surface area contributed by atoms with E-state index in [1.807, 2.05) is 25.1 Å². The molecule has 0 amide bonds. The van der Waals surface area contributed by atoms with Gasteiger partial charge in [0.05, 0.1) is 6.20 Å². The molecule has 0 aliphatic rings. The van der Waals surface area contributed by atoms with E-state index in [1.54, 1.807) is 18.2 Å². The summed E-state index contributed by atoms with van der Waals surface area (Å²) < 4.78 is 13.6. The van der Waals surface area contributed by atoms with Crippen molar-refractivity contribution >= 4 is 17.5 Å². The first-order chi connectivity index (χ1) is 11.6. The highest BCUT2D eigenvalue weighted by Gasteiger charge is 2.04. The molecule has 1 aromatic heterocycles. The van der Waals surface area contributed by atoms with Gasteiger partial charge in [0.25, 0.3) is 0 Å². The molecule has 0 atom stereocenters. The van der Waals surface area contributed by atoms with Crippen LogP contribution in [0.25, 0.3) is 0 Å². The van der Waals surface area contributed by atoms with Crippen LogP contribution < -0.4 is 10.6 Å². The van der Waals surface area contributed by atoms with Crippen LogP contribution in [-0.4, -0.2) is 15.2 Å². The fraction of sp³-hybridized carbons (Fsp3) is 0.167. The van der Waals surface area contributed by atoms with Gasteiger partial charge in [-0.1, -0.05) is 24.3 Å². The zero-order valence-electron chi connectivity index (χ0n) is 13.5. The van der Waals surface area contributed by atoms with Gasteiger partial charge in [-0.15, -0.1) is 5.10 Å². The quantitative estimate of drug-likeness (QED) is 0.743. The summed E-state index contributed by atoms with van der Waals surface area (Å²) in [6.07, 6.45) is 1.51. The zero-order valence-corrected chi connectivity index (χ0v) is 13.5. The van der Waals surface area contributed by atoms with Crippen LogP contribution in [0.2, 0.25) is 0 Å². The summed E-state index contributed by atoms with van der Waals surface area (Å²) >= 11 is 0. The van der Waals surface area contributed by atoms with E-state index in [9.17, 15) is 4.39 Å². The Bertz CT molecular complexity index is 850. The van der Waals surface area contributed by atoms with E-state index in [2.05, 4.69) is 32.7 Å². The van der Waals surface area contributed by atoms with Gasteiger partial charge in [0.15, 0.2) is 5.82 Å². The van der Waals surface area contributed by atoms with Crippen LogP contribution in [0, 0.1) is 19.7 Å². The van der Waals surface area contributed by atoms with E-state index in [-0.39, 0.29) is 5.82 Å². The summed E-state index contributed by atoms with van der Waals surface area (Å²) in [5.74, 6) is 0.664. The Labute approximate surface area is 140 Å². The van der Waals surface area contributed by atoms with Gasteiger partial charge in [-0.25, -0.2) is 4.39 Å². The van der Waals surface area contributed by atoms with Crippen molar-refractivity contribution in [2.24, 2.45) is 0 Å². The molecule has 0 aliphatic carbocycles. The molecule has 1 heterocycles. The first-order valence-corrected chi connectivity index (χ1v) is 7.63. The molecular formula is C18H18FN5. The van der Waals surface area contributed by atoms with Crippen molar-refractivity contribution in [3.05, 3.63) is 71.2 Å². The molecule has 6 heteroatoms. The number of nitrogens with one attached hydrogen (secondary N) is 2. The third-order valence-electron chi connectivity index (χ3n) is 3.74. The second kappa shape index (κ2) is 7.04. The Morgan fingerprint density at radius 3 is 2.67 bits per heavy atom. The summed E-state index contributed by atoms with van der Waals surface area (Å²) in [6, 6.07) is 12.6. The Kier molecular flexibility index (Phi) is 4.65. The molecule has 0 saturated carbocycles. The van der Waals surface area contributed by atoms with Crippen LogP contribution in [0.4, 0.5) is 21.8 Å². The predicted octanol–water partition coefficient (Wildman–Crippen LogP) is 3.98. The largest absolute Gasteiger partial charge is 0.364 e. The third-order valence-corrected chi connectivity index (χ3v) is 3.74. The molecule has 2 N–H and O–H groups in total. The summed E-state index contributed by atoms with van der Waals surface area (Å²) in [5.41, 5.74) is 3.87. The Balaban J connectivity index is 1.69. The first-order valence-electron chi connectivity index (χ1n) is 7.63. The highest BCUT2D eigenvalue weighted by atomic mass is 19.1. The molecule has 0 saturated heterocycles. The summed E-state index contributed by atoms with van der Waals surface area (Å²) in [7, 11) is 0. The maximum absolute atomic E-state index is 13.6. The number of benzene rings is 2. The van der Waals surface area contributed by atoms with Crippen molar-refractivity contribution in [1.29, 1.82) is 0 Å². The molecule has 0 unspecified atom stereocenters. The van der Waals surface area contributed by atoms with Gasteiger partial charge in [0.2, 0.25) is 5.95 Å². The molecule has 5 nitrogen and oxygen atoms in total. The lowest BCUT2D eigenvalue weighted by molar-refractivity contribution is 0.613. The number of hydrogen-bond donors (Lipinski definition) is 2. The highest BCUT2D eigenvalue weighted by molar-refractivity contribution is 5.56. The second-order valence-electron chi connectivity index (χ2n) is 5.53. The first kappa shape index (κ1) is 15.9. The summed E-state index contributed by atoms with van der Waals surface area (Å²) in [6.45, 7) is 4.44. The Hall–Kier alpha value is -3.02. The number of aryl methyl sites for hydroxylation is 2. The van der Waals surface area contributed by atoms with Crippen LogP contribution in [0.1, 0.15) is 16.7 Å². The number of halogens is 1. The minimum absolute atomic E-state index is 0.250. The molecular weight excluding hydrogens is 305 g/mol. The van der Waals surface area contributed by atoms with Crippen molar-refractivity contribution in [3.63, 3.8) is 0 Å². The molecule has 122 valence electrons. The third kappa shape index (κ3) is 3.84. The topological polar surface area (TPSA) is 62.7 Å². The van der Waals surface area contributed by atoms with E-state index in [1.165, 1.54) is 23.4 Å². The van der Waals surface area contributed by atoms with E-state index < -0.39 is 0 Å². The maximum Gasteiger partial charge on any atom is 0.249 e. The molecule has 0 radical (unpaired) electrons. The molecule has 3 rings (SSSR count). The molecule has 0 bridgehead atoms. The molecule has 2 aromatic carbocycles. The van der Waals surface area contributed by atoms with E-state index >= 15 is 0 Å². The number of anilines is 3. The number of aromatic nitrogens is 3. The van der Waals surface area contributed by atoms with E-state index in [4.69, 9.17) is 0 Å². The van der Waals surface area contributed by atoms with Crippen LogP contribution in [0.3, 0.4) is 0 Å². The molecule has 0 spiro atoms.